The van der Waals surface area contributed by atoms with Crippen LogP contribution in [0.15, 0.2) is 67.0 Å². The molecule has 324 valence electrons. The van der Waals surface area contributed by atoms with E-state index in [-0.39, 0.29) is 41.4 Å². The minimum Gasteiger partial charge on any atom is -0.448 e. The number of likely N-dealkylation sites (tertiary alicyclic amines) is 1. The molecule has 22 heteroatoms. The molecule has 3 fully saturated rings. The lowest BCUT2D eigenvalue weighted by atomic mass is 9.91. The van der Waals surface area contributed by atoms with Crippen molar-refractivity contribution in [1.82, 2.24) is 44.6 Å². The van der Waals surface area contributed by atoms with Gasteiger partial charge >= 0.3 is 24.3 Å². The largest absolute Gasteiger partial charge is 0.490 e. The number of halogens is 6. The molecule has 2 aromatic carbocycles. The van der Waals surface area contributed by atoms with Crippen LogP contribution in [-0.2, 0) is 23.8 Å². The predicted molar refractivity (Wildman–Crippen MR) is 203 cm³/mol. The fourth-order valence-corrected chi connectivity index (χ4v) is 7.64. The number of piperidine rings is 1. The first-order chi connectivity index (χ1) is 29.3. The Bertz CT molecular complexity index is 2240. The zero-order valence-electron chi connectivity index (χ0n) is 32.4. The zero-order chi connectivity index (χ0) is 42.7. The molecule has 61 heavy (non-hydrogen) atoms. The standard InChI is InChI=1S/C39H41F6N11O5/c40-38(41,42)35(57)60-28-29(32-51-53-56(52-32)25-15-10-16-25)59-34(30(28)61-36(58)39(43,44)45)55-22-48-27-31(49-37(50-33(27)55)46-17-20-54-18-8-3-9-19-54)47-21-26(23-11-4-1-5-12-23)24-13-6-2-7-14-24/h1-2,4-7,11-14,22,25-26,28-30,34H,3,8-10,15-21H2,(H2,46,47,49,50)/t28-,29+,30-,34-/m1/s1. The zero-order valence-corrected chi connectivity index (χ0v) is 32.4. The fourth-order valence-electron chi connectivity index (χ4n) is 7.64. The van der Waals surface area contributed by atoms with Crippen LogP contribution >= 0.6 is 0 Å². The van der Waals surface area contributed by atoms with E-state index in [0.29, 0.717) is 25.9 Å². The number of fused-ring (bicyclic) bond motifs is 1. The molecular formula is C39H41F6N11O5. The van der Waals surface area contributed by atoms with E-state index in [9.17, 15) is 35.9 Å². The van der Waals surface area contributed by atoms with Crippen LogP contribution in [0.4, 0.5) is 38.1 Å². The number of carbonyl (C=O) groups is 2. The molecule has 1 saturated carbocycles. The van der Waals surface area contributed by atoms with Crippen LogP contribution in [0, 0.1) is 0 Å². The quantitative estimate of drug-likeness (QED) is 0.0998. The maximum Gasteiger partial charge on any atom is 0.490 e. The maximum atomic E-state index is 13.8. The molecule has 2 N–H and O–H groups in total. The van der Waals surface area contributed by atoms with Gasteiger partial charge in [-0.25, -0.2) is 14.6 Å². The molecule has 1 aliphatic carbocycles. The van der Waals surface area contributed by atoms with Crippen LogP contribution in [-0.4, -0.2) is 114 Å². The highest BCUT2D eigenvalue weighted by Crippen LogP contribution is 2.44. The van der Waals surface area contributed by atoms with E-state index in [1.807, 2.05) is 60.7 Å². The average Bonchev–Trinajstić information content (AvgIpc) is 3.96. The summed E-state index contributed by atoms with van der Waals surface area (Å²) >= 11 is 0. The van der Waals surface area contributed by atoms with Gasteiger partial charge in [-0.05, 0) is 61.5 Å². The van der Waals surface area contributed by atoms with Gasteiger partial charge in [0.15, 0.2) is 41.5 Å². The summed E-state index contributed by atoms with van der Waals surface area (Å²) in [6.07, 6.45) is -13.2. The Hall–Kier alpha value is -5.90. The third kappa shape index (κ3) is 9.38. The van der Waals surface area contributed by atoms with Crippen molar-refractivity contribution in [2.45, 2.75) is 87.4 Å². The second-order valence-corrected chi connectivity index (χ2v) is 15.0. The first kappa shape index (κ1) is 41.8. The van der Waals surface area contributed by atoms with Crippen molar-refractivity contribution in [3.05, 3.63) is 83.9 Å². The molecule has 4 atom stereocenters. The Morgan fingerprint density at radius 1 is 0.820 bits per heavy atom. The number of carbonyl (C=O) groups excluding carboxylic acids is 2. The van der Waals surface area contributed by atoms with Crippen LogP contribution in [0.3, 0.4) is 0 Å². The molecule has 0 spiro atoms. The van der Waals surface area contributed by atoms with Crippen molar-refractivity contribution in [2.24, 2.45) is 0 Å². The van der Waals surface area contributed by atoms with E-state index in [1.165, 1.54) is 4.80 Å². The summed E-state index contributed by atoms with van der Waals surface area (Å²) in [6.45, 7) is 3.18. The molecule has 3 aromatic heterocycles. The molecule has 0 unspecified atom stereocenters. The van der Waals surface area contributed by atoms with Crippen molar-refractivity contribution in [3.63, 3.8) is 0 Å². The Morgan fingerprint density at radius 2 is 1.46 bits per heavy atom. The number of anilines is 2. The Morgan fingerprint density at radius 3 is 2.07 bits per heavy atom. The first-order valence-electron chi connectivity index (χ1n) is 19.9. The summed E-state index contributed by atoms with van der Waals surface area (Å²) in [5.74, 6) is -5.89. The Balaban J connectivity index is 1.19. The summed E-state index contributed by atoms with van der Waals surface area (Å²) < 4.78 is 99.4. The fraction of sp³-hybridized carbons (Fsp3) is 0.487. The second-order valence-electron chi connectivity index (χ2n) is 15.0. The third-order valence-electron chi connectivity index (χ3n) is 11.0. The number of ether oxygens (including phenoxy) is 3. The molecule has 16 nitrogen and oxygen atoms in total. The Kier molecular flexibility index (Phi) is 12.1. The lowest BCUT2D eigenvalue weighted by Gasteiger charge is -2.26. The summed E-state index contributed by atoms with van der Waals surface area (Å²) in [7, 11) is 0. The number of hydrogen-bond donors (Lipinski definition) is 2. The van der Waals surface area contributed by atoms with Crippen LogP contribution in [0.2, 0.25) is 0 Å². The number of aromatic nitrogens is 8. The summed E-state index contributed by atoms with van der Waals surface area (Å²) in [5.41, 5.74) is 1.99. The normalized spacial score (nSPS) is 21.4. The van der Waals surface area contributed by atoms with Crippen molar-refractivity contribution in [1.29, 1.82) is 0 Å². The highest BCUT2D eigenvalue weighted by Gasteiger charge is 2.58. The van der Waals surface area contributed by atoms with Crippen LogP contribution in [0.1, 0.15) is 79.8 Å². The van der Waals surface area contributed by atoms with E-state index in [4.69, 9.17) is 19.2 Å². The van der Waals surface area contributed by atoms with E-state index in [0.717, 1.165) is 60.8 Å². The monoisotopic (exact) mass is 857 g/mol. The maximum absolute atomic E-state index is 13.8. The van der Waals surface area contributed by atoms with Gasteiger partial charge in [-0.15, -0.1) is 10.2 Å². The van der Waals surface area contributed by atoms with E-state index >= 15 is 0 Å². The molecule has 3 aliphatic rings. The summed E-state index contributed by atoms with van der Waals surface area (Å²) in [4.78, 5) is 42.1. The van der Waals surface area contributed by atoms with Gasteiger partial charge in [0.2, 0.25) is 11.8 Å². The number of benzene rings is 2. The van der Waals surface area contributed by atoms with Gasteiger partial charge in [0.1, 0.15) is 0 Å². The smallest absolute Gasteiger partial charge is 0.448 e. The predicted octanol–water partition coefficient (Wildman–Crippen LogP) is 5.90. The van der Waals surface area contributed by atoms with E-state index < -0.39 is 54.7 Å². The van der Waals surface area contributed by atoms with Gasteiger partial charge < -0.3 is 29.7 Å². The minimum atomic E-state index is -5.61. The molecule has 2 saturated heterocycles. The van der Waals surface area contributed by atoms with Crippen LogP contribution in [0.5, 0.6) is 0 Å². The highest BCUT2D eigenvalue weighted by atomic mass is 19.4. The second kappa shape index (κ2) is 17.6. The van der Waals surface area contributed by atoms with Crippen molar-refractivity contribution < 1.29 is 50.1 Å². The molecular weight excluding hydrogens is 816 g/mol. The number of hydrogen-bond acceptors (Lipinski definition) is 14. The van der Waals surface area contributed by atoms with E-state index in [1.54, 1.807) is 0 Å². The average molecular weight is 858 g/mol. The van der Waals surface area contributed by atoms with Crippen molar-refractivity contribution in [2.75, 3.05) is 43.4 Å². The summed E-state index contributed by atoms with van der Waals surface area (Å²) in [5, 5.41) is 18.7. The number of rotatable bonds is 14. The minimum absolute atomic E-state index is 0.0698. The first-order valence-corrected chi connectivity index (χ1v) is 19.9. The number of alkyl halides is 6. The molecule has 2 aliphatic heterocycles. The molecule has 0 radical (unpaired) electrons. The lowest BCUT2D eigenvalue weighted by molar-refractivity contribution is -0.221. The number of tetrazole rings is 1. The molecule has 0 bridgehead atoms. The van der Waals surface area contributed by atoms with Gasteiger partial charge in [0.05, 0.1) is 12.4 Å². The third-order valence-corrected chi connectivity index (χ3v) is 11.0. The van der Waals surface area contributed by atoms with Crippen LogP contribution < -0.4 is 10.6 Å². The molecule has 5 heterocycles. The topological polar surface area (TPSA) is 176 Å². The van der Waals surface area contributed by atoms with Gasteiger partial charge in [0, 0.05) is 25.6 Å². The Labute approximate surface area is 344 Å². The number of nitrogens with zero attached hydrogens (tertiary/aromatic N) is 9. The van der Waals surface area contributed by atoms with Crippen molar-refractivity contribution >= 4 is 34.9 Å². The highest BCUT2D eigenvalue weighted by molar-refractivity contribution is 5.84. The number of nitrogens with one attached hydrogen (secondary N) is 2. The van der Waals surface area contributed by atoms with Gasteiger partial charge in [-0.1, -0.05) is 67.1 Å². The van der Waals surface area contributed by atoms with Crippen molar-refractivity contribution in [3.8, 4) is 0 Å². The van der Waals surface area contributed by atoms with E-state index in [2.05, 4.69) is 40.9 Å². The molecule has 0 amide bonds. The molecule has 8 rings (SSSR count). The lowest BCUT2D eigenvalue weighted by Crippen LogP contribution is -2.42. The summed E-state index contributed by atoms with van der Waals surface area (Å²) in [6, 6.07) is 19.2. The van der Waals surface area contributed by atoms with Gasteiger partial charge in [-0.2, -0.15) is 41.1 Å². The molecule has 5 aromatic rings. The number of esters is 2. The SMILES string of the molecule is O=C(O[C@@H]1[C@H](OC(=O)C(F)(F)F)[C@@H](c2nnn(C3CCC3)n2)O[C@H]1n1cnc2c(NCC(c3ccccc3)c3ccccc3)nc(NCCN3CCCCC3)nc21)C(F)(F)F. The van der Waals surface area contributed by atoms with Gasteiger partial charge in [-0.3, -0.25) is 4.57 Å². The van der Waals surface area contributed by atoms with Gasteiger partial charge in [0.25, 0.3) is 0 Å². The van der Waals surface area contributed by atoms with Crippen LogP contribution in [0.25, 0.3) is 11.2 Å². The number of imidazole rings is 1.